The van der Waals surface area contributed by atoms with E-state index in [4.69, 9.17) is 9.47 Å². The molecular weight excluding hydrogens is 576 g/mol. The van der Waals surface area contributed by atoms with Crippen molar-refractivity contribution < 1.29 is 45.2 Å². The zero-order valence-corrected chi connectivity index (χ0v) is 28.7. The second kappa shape index (κ2) is 12.1. The fourth-order valence-electron chi connectivity index (χ4n) is 11.8. The van der Waals surface area contributed by atoms with Gasteiger partial charge in [0.05, 0.1) is 30.5 Å². The van der Waals surface area contributed by atoms with E-state index in [2.05, 4.69) is 41.2 Å². The quantitative estimate of drug-likeness (QED) is 0.156. The number of allylic oxidation sites excluding steroid dienone is 1. The molecule has 0 amide bonds. The normalized spacial score (nSPS) is 51.2. The van der Waals surface area contributed by atoms with E-state index in [9.17, 15) is 35.7 Å². The van der Waals surface area contributed by atoms with E-state index < -0.39 is 66.6 Å². The summed E-state index contributed by atoms with van der Waals surface area (Å²) in [5.41, 5.74) is -0.897. The van der Waals surface area contributed by atoms with Crippen LogP contribution in [0.3, 0.4) is 0 Å². The minimum absolute atomic E-state index is 0.0311. The lowest BCUT2D eigenvalue weighted by Gasteiger charge is -2.72. The number of ether oxygens (including phenoxy) is 2. The van der Waals surface area contributed by atoms with E-state index in [-0.39, 0.29) is 39.9 Å². The van der Waals surface area contributed by atoms with Crippen LogP contribution in [-0.2, 0) is 9.47 Å². The molecule has 1 aliphatic heterocycles. The summed E-state index contributed by atoms with van der Waals surface area (Å²) in [6.45, 7) is 18.8. The highest BCUT2D eigenvalue weighted by Crippen LogP contribution is 2.76. The van der Waals surface area contributed by atoms with Gasteiger partial charge in [-0.1, -0.05) is 46.8 Å². The molecule has 5 fully saturated rings. The van der Waals surface area contributed by atoms with Crippen molar-refractivity contribution in [1.82, 2.24) is 0 Å². The zero-order chi connectivity index (χ0) is 33.5. The van der Waals surface area contributed by atoms with Gasteiger partial charge in [0.15, 0.2) is 6.29 Å². The van der Waals surface area contributed by atoms with Crippen LogP contribution in [0, 0.1) is 45.3 Å². The molecule has 0 aromatic rings. The maximum Gasteiger partial charge on any atom is 0.186 e. The molecule has 45 heavy (non-hydrogen) atoms. The molecule has 0 spiro atoms. The first-order chi connectivity index (χ1) is 20.7. The summed E-state index contributed by atoms with van der Waals surface area (Å²) < 4.78 is 12.6. The molecule has 0 radical (unpaired) electrons. The van der Waals surface area contributed by atoms with Crippen LogP contribution in [-0.4, -0.2) is 97.0 Å². The molecule has 0 aromatic carbocycles. The van der Waals surface area contributed by atoms with E-state index in [1.807, 2.05) is 13.8 Å². The smallest absolute Gasteiger partial charge is 0.186 e. The Labute approximate surface area is 270 Å². The summed E-state index contributed by atoms with van der Waals surface area (Å²) in [5, 5.41) is 75.5. The van der Waals surface area contributed by atoms with Crippen molar-refractivity contribution in [2.75, 3.05) is 6.61 Å². The zero-order valence-electron chi connectivity index (χ0n) is 28.7. The van der Waals surface area contributed by atoms with Gasteiger partial charge in [-0.25, -0.2) is 0 Å². The first kappa shape index (κ1) is 35.7. The lowest BCUT2D eigenvalue weighted by Crippen LogP contribution is -2.70. The molecule has 260 valence electrons. The standard InChI is InChI=1S/C36H62O9/c1-19(10-9-13-32(2,3)43)20-11-15-35(7)26(20)21(38)16-24-34(6)14-12-25(39)33(4,5)30(34)22(17-36(24,35)8)44-31-29(42)28(41)27(40)23(18-37)45-31/h20-31,37-43H,1,9-18H2,2-8H3. The Morgan fingerprint density at radius 1 is 0.933 bits per heavy atom. The topological polar surface area (TPSA) is 160 Å². The third-order valence-corrected chi connectivity index (χ3v) is 14.2. The van der Waals surface area contributed by atoms with Crippen molar-refractivity contribution in [2.24, 2.45) is 45.3 Å². The van der Waals surface area contributed by atoms with Crippen LogP contribution in [0.1, 0.15) is 106 Å². The second-order valence-corrected chi connectivity index (χ2v) is 17.6. The monoisotopic (exact) mass is 638 g/mol. The third kappa shape index (κ3) is 5.68. The lowest BCUT2D eigenvalue weighted by atomic mass is 9.34. The van der Waals surface area contributed by atoms with E-state index in [0.29, 0.717) is 25.7 Å². The first-order valence-corrected chi connectivity index (χ1v) is 17.4. The van der Waals surface area contributed by atoms with Crippen LogP contribution in [0.25, 0.3) is 0 Å². The van der Waals surface area contributed by atoms with Gasteiger partial charge in [0.1, 0.15) is 24.4 Å². The van der Waals surface area contributed by atoms with Crippen LogP contribution in [0.15, 0.2) is 12.2 Å². The number of rotatable bonds is 8. The van der Waals surface area contributed by atoms with Gasteiger partial charge in [0.2, 0.25) is 0 Å². The summed E-state index contributed by atoms with van der Waals surface area (Å²) >= 11 is 0. The minimum Gasteiger partial charge on any atom is -0.394 e. The van der Waals surface area contributed by atoms with Crippen LogP contribution in [0.4, 0.5) is 0 Å². The van der Waals surface area contributed by atoms with Gasteiger partial charge in [0, 0.05) is 0 Å². The SMILES string of the molecule is C=C(CCCC(C)(C)O)C1CCC2(C)C1C(O)CC1C3(C)CCC(O)C(C)(C)C3C(OC3OC(CO)C(O)C(O)C3O)CC12C. The highest BCUT2D eigenvalue weighted by atomic mass is 16.7. The number of hydrogen-bond donors (Lipinski definition) is 7. The molecule has 15 atom stereocenters. The Morgan fingerprint density at radius 3 is 2.22 bits per heavy atom. The number of aliphatic hydroxyl groups excluding tert-OH is 6. The van der Waals surface area contributed by atoms with Crippen molar-refractivity contribution in [2.45, 2.75) is 161 Å². The molecule has 7 N–H and O–H groups in total. The van der Waals surface area contributed by atoms with Crippen LogP contribution >= 0.6 is 0 Å². The van der Waals surface area contributed by atoms with Gasteiger partial charge in [-0.05, 0) is 117 Å². The van der Waals surface area contributed by atoms with Gasteiger partial charge >= 0.3 is 0 Å². The van der Waals surface area contributed by atoms with E-state index in [1.165, 1.54) is 0 Å². The largest absolute Gasteiger partial charge is 0.394 e. The molecule has 0 aromatic heterocycles. The Kier molecular flexibility index (Phi) is 9.56. The number of aliphatic hydroxyl groups is 7. The maximum atomic E-state index is 12.0. The van der Waals surface area contributed by atoms with Crippen molar-refractivity contribution in [3.63, 3.8) is 0 Å². The van der Waals surface area contributed by atoms with Gasteiger partial charge < -0.3 is 45.2 Å². The summed E-state index contributed by atoms with van der Waals surface area (Å²) in [6, 6.07) is 0. The lowest BCUT2D eigenvalue weighted by molar-refractivity contribution is -0.346. The van der Waals surface area contributed by atoms with Crippen LogP contribution in [0.5, 0.6) is 0 Å². The average molecular weight is 639 g/mol. The summed E-state index contributed by atoms with van der Waals surface area (Å²) in [5.74, 6) is 0.239. The van der Waals surface area contributed by atoms with Gasteiger partial charge in [-0.2, -0.15) is 0 Å². The van der Waals surface area contributed by atoms with Crippen LogP contribution < -0.4 is 0 Å². The Morgan fingerprint density at radius 2 is 1.60 bits per heavy atom. The predicted octanol–water partition coefficient (Wildman–Crippen LogP) is 3.30. The molecule has 15 unspecified atom stereocenters. The molecule has 4 saturated carbocycles. The summed E-state index contributed by atoms with van der Waals surface area (Å²) in [4.78, 5) is 0. The number of hydrogen-bond acceptors (Lipinski definition) is 9. The molecular formula is C36H62O9. The molecule has 5 aliphatic rings. The second-order valence-electron chi connectivity index (χ2n) is 17.6. The van der Waals surface area contributed by atoms with Gasteiger partial charge in [0.25, 0.3) is 0 Å². The van der Waals surface area contributed by atoms with E-state index in [1.54, 1.807) is 0 Å². The summed E-state index contributed by atoms with van der Waals surface area (Å²) in [7, 11) is 0. The van der Waals surface area contributed by atoms with Crippen LogP contribution in [0.2, 0.25) is 0 Å². The number of fused-ring (bicyclic) bond motifs is 5. The predicted molar refractivity (Wildman–Crippen MR) is 170 cm³/mol. The molecule has 1 heterocycles. The minimum atomic E-state index is -1.53. The van der Waals surface area contributed by atoms with Crippen molar-refractivity contribution >= 4 is 0 Å². The highest BCUT2D eigenvalue weighted by molar-refractivity contribution is 5.23. The summed E-state index contributed by atoms with van der Waals surface area (Å²) in [6.07, 6.45) is -1.35. The molecule has 4 aliphatic carbocycles. The fraction of sp³-hybridized carbons (Fsp3) is 0.944. The van der Waals surface area contributed by atoms with Gasteiger partial charge in [-0.15, -0.1) is 0 Å². The average Bonchev–Trinajstić information content (AvgIpc) is 3.32. The third-order valence-electron chi connectivity index (χ3n) is 14.2. The Hall–Kier alpha value is -0.620. The van der Waals surface area contributed by atoms with E-state index in [0.717, 1.165) is 37.7 Å². The van der Waals surface area contributed by atoms with Crippen molar-refractivity contribution in [3.05, 3.63) is 12.2 Å². The Balaban J connectivity index is 1.50. The highest BCUT2D eigenvalue weighted by Gasteiger charge is 2.72. The molecule has 9 nitrogen and oxygen atoms in total. The molecule has 1 saturated heterocycles. The molecule has 0 bridgehead atoms. The van der Waals surface area contributed by atoms with Crippen molar-refractivity contribution in [3.8, 4) is 0 Å². The maximum absolute atomic E-state index is 12.0. The first-order valence-electron chi connectivity index (χ1n) is 17.4. The Bertz CT molecular complexity index is 1090. The van der Waals surface area contributed by atoms with Crippen molar-refractivity contribution in [1.29, 1.82) is 0 Å². The molecule has 9 heteroatoms. The van der Waals surface area contributed by atoms with E-state index >= 15 is 0 Å². The van der Waals surface area contributed by atoms with Gasteiger partial charge in [-0.3, -0.25) is 0 Å². The fourth-order valence-corrected chi connectivity index (χ4v) is 11.8. The molecule has 5 rings (SSSR count).